The van der Waals surface area contributed by atoms with Crippen molar-refractivity contribution in [1.29, 1.82) is 0 Å². The van der Waals surface area contributed by atoms with E-state index < -0.39 is 10.0 Å². The Kier molecular flexibility index (Phi) is 6.56. The van der Waals surface area contributed by atoms with Crippen LogP contribution in [0.25, 0.3) is 0 Å². The molecule has 1 heterocycles. The zero-order chi connectivity index (χ0) is 16.7. The first-order chi connectivity index (χ1) is 11.0. The molecule has 0 aliphatic carbocycles. The number of sulfonamides is 1. The second-order valence-electron chi connectivity index (χ2n) is 5.53. The minimum Gasteiger partial charge on any atom is -0.372 e. The highest BCUT2D eigenvalue weighted by molar-refractivity contribution is 7.89. The third-order valence-corrected chi connectivity index (χ3v) is 5.69. The van der Waals surface area contributed by atoms with E-state index in [0.29, 0.717) is 25.4 Å². The van der Waals surface area contributed by atoms with E-state index in [4.69, 9.17) is 4.74 Å². The number of amides is 1. The molecule has 1 fully saturated rings. The van der Waals surface area contributed by atoms with Crippen LogP contribution in [-0.4, -0.2) is 44.9 Å². The van der Waals surface area contributed by atoms with Gasteiger partial charge in [-0.15, -0.1) is 0 Å². The SMILES string of the molecule is CCOCC(=O)Nc1ccc(S(=O)(=O)N2CCCCCC2)cc1. The summed E-state index contributed by atoms with van der Waals surface area (Å²) >= 11 is 0. The molecule has 0 aromatic heterocycles. The van der Waals surface area contributed by atoms with E-state index in [-0.39, 0.29) is 17.4 Å². The summed E-state index contributed by atoms with van der Waals surface area (Å²) in [4.78, 5) is 11.8. The van der Waals surface area contributed by atoms with Gasteiger partial charge in [-0.25, -0.2) is 8.42 Å². The Morgan fingerprint density at radius 3 is 2.30 bits per heavy atom. The summed E-state index contributed by atoms with van der Waals surface area (Å²) in [6.07, 6.45) is 3.98. The van der Waals surface area contributed by atoms with E-state index in [1.54, 1.807) is 16.4 Å². The van der Waals surface area contributed by atoms with Crippen molar-refractivity contribution in [3.63, 3.8) is 0 Å². The summed E-state index contributed by atoms with van der Waals surface area (Å²) in [7, 11) is -3.45. The number of nitrogens with zero attached hydrogens (tertiary/aromatic N) is 1. The normalized spacial score (nSPS) is 16.7. The van der Waals surface area contributed by atoms with Gasteiger partial charge in [0.2, 0.25) is 15.9 Å². The van der Waals surface area contributed by atoms with Crippen LogP contribution in [0.3, 0.4) is 0 Å². The van der Waals surface area contributed by atoms with Crippen LogP contribution < -0.4 is 5.32 Å². The van der Waals surface area contributed by atoms with Crippen molar-refractivity contribution < 1.29 is 17.9 Å². The molecule has 1 aliphatic heterocycles. The number of hydrogen-bond acceptors (Lipinski definition) is 4. The van der Waals surface area contributed by atoms with E-state index in [1.165, 1.54) is 12.1 Å². The molecule has 1 amide bonds. The standard InChI is InChI=1S/C16H24N2O4S/c1-2-22-13-16(19)17-14-7-9-15(10-8-14)23(20,21)18-11-5-3-4-6-12-18/h7-10H,2-6,11-13H2,1H3,(H,17,19). The highest BCUT2D eigenvalue weighted by atomic mass is 32.2. The molecular weight excluding hydrogens is 316 g/mol. The predicted molar refractivity (Wildman–Crippen MR) is 88.8 cm³/mol. The van der Waals surface area contributed by atoms with Gasteiger partial charge >= 0.3 is 0 Å². The molecule has 1 saturated heterocycles. The molecule has 0 atom stereocenters. The van der Waals surface area contributed by atoms with Crippen LogP contribution in [0.2, 0.25) is 0 Å². The molecular formula is C16H24N2O4S. The molecule has 6 nitrogen and oxygen atoms in total. The molecule has 2 rings (SSSR count). The highest BCUT2D eigenvalue weighted by Crippen LogP contribution is 2.21. The van der Waals surface area contributed by atoms with Crippen molar-refractivity contribution in [1.82, 2.24) is 4.31 Å². The lowest BCUT2D eigenvalue weighted by Gasteiger charge is -2.20. The Morgan fingerprint density at radius 1 is 1.13 bits per heavy atom. The van der Waals surface area contributed by atoms with Gasteiger partial charge < -0.3 is 10.1 Å². The number of rotatable bonds is 6. The molecule has 7 heteroatoms. The van der Waals surface area contributed by atoms with Crippen LogP contribution in [0, 0.1) is 0 Å². The van der Waals surface area contributed by atoms with Crippen molar-refractivity contribution in [2.24, 2.45) is 0 Å². The van der Waals surface area contributed by atoms with Crippen molar-refractivity contribution >= 4 is 21.6 Å². The lowest BCUT2D eigenvalue weighted by molar-refractivity contribution is -0.120. The van der Waals surface area contributed by atoms with Crippen molar-refractivity contribution in [3.8, 4) is 0 Å². The Morgan fingerprint density at radius 2 is 1.74 bits per heavy atom. The maximum absolute atomic E-state index is 12.6. The number of hydrogen-bond donors (Lipinski definition) is 1. The Labute approximate surface area is 137 Å². The van der Waals surface area contributed by atoms with Crippen LogP contribution in [0.15, 0.2) is 29.2 Å². The fraction of sp³-hybridized carbons (Fsp3) is 0.562. The largest absolute Gasteiger partial charge is 0.372 e. The molecule has 0 spiro atoms. The van der Waals surface area contributed by atoms with Crippen molar-refractivity contribution in [2.45, 2.75) is 37.5 Å². The first-order valence-electron chi connectivity index (χ1n) is 8.02. The van der Waals surface area contributed by atoms with Gasteiger partial charge in [0.25, 0.3) is 0 Å². The quantitative estimate of drug-likeness (QED) is 0.861. The van der Waals surface area contributed by atoms with Gasteiger partial charge in [0.1, 0.15) is 6.61 Å². The predicted octanol–water partition coefficient (Wildman–Crippen LogP) is 2.23. The summed E-state index contributed by atoms with van der Waals surface area (Å²) in [5, 5.41) is 2.67. The Balaban J connectivity index is 2.04. The van der Waals surface area contributed by atoms with Gasteiger partial charge in [0.15, 0.2) is 0 Å². The van der Waals surface area contributed by atoms with E-state index in [1.807, 2.05) is 6.92 Å². The topological polar surface area (TPSA) is 75.7 Å². The molecule has 1 aromatic carbocycles. The third kappa shape index (κ3) is 5.02. The zero-order valence-electron chi connectivity index (χ0n) is 13.5. The number of nitrogens with one attached hydrogen (secondary N) is 1. The number of ether oxygens (including phenoxy) is 1. The molecule has 1 aromatic rings. The number of benzene rings is 1. The minimum atomic E-state index is -3.45. The third-order valence-electron chi connectivity index (χ3n) is 3.78. The van der Waals surface area contributed by atoms with Crippen LogP contribution >= 0.6 is 0 Å². The summed E-state index contributed by atoms with van der Waals surface area (Å²) in [6, 6.07) is 6.29. The van der Waals surface area contributed by atoms with E-state index in [2.05, 4.69) is 5.32 Å². The van der Waals surface area contributed by atoms with Gasteiger partial charge in [-0.3, -0.25) is 4.79 Å². The summed E-state index contributed by atoms with van der Waals surface area (Å²) in [6.45, 7) is 3.44. The minimum absolute atomic E-state index is 0.00960. The summed E-state index contributed by atoms with van der Waals surface area (Å²) < 4.78 is 31.8. The van der Waals surface area contributed by atoms with Crippen LogP contribution in [0.5, 0.6) is 0 Å². The van der Waals surface area contributed by atoms with Crippen molar-refractivity contribution in [3.05, 3.63) is 24.3 Å². The molecule has 1 aliphatic rings. The first-order valence-corrected chi connectivity index (χ1v) is 9.46. The van der Waals surface area contributed by atoms with Crippen LogP contribution in [0.1, 0.15) is 32.6 Å². The second kappa shape index (κ2) is 8.42. The summed E-state index contributed by atoms with van der Waals surface area (Å²) in [5.74, 6) is -0.255. The average Bonchev–Trinajstić information content (AvgIpc) is 2.83. The zero-order valence-corrected chi connectivity index (χ0v) is 14.3. The highest BCUT2D eigenvalue weighted by Gasteiger charge is 2.24. The van der Waals surface area contributed by atoms with Crippen LogP contribution in [0.4, 0.5) is 5.69 Å². The lowest BCUT2D eigenvalue weighted by Crippen LogP contribution is -2.31. The average molecular weight is 340 g/mol. The molecule has 1 N–H and O–H groups in total. The van der Waals surface area contributed by atoms with E-state index >= 15 is 0 Å². The van der Waals surface area contributed by atoms with Gasteiger partial charge in [-0.1, -0.05) is 12.8 Å². The van der Waals surface area contributed by atoms with Gasteiger partial charge in [0.05, 0.1) is 4.90 Å². The molecule has 0 bridgehead atoms. The van der Waals surface area contributed by atoms with E-state index in [9.17, 15) is 13.2 Å². The maximum Gasteiger partial charge on any atom is 0.250 e. The van der Waals surface area contributed by atoms with Gasteiger partial charge in [-0.2, -0.15) is 4.31 Å². The first kappa shape index (κ1) is 17.9. The molecule has 128 valence electrons. The molecule has 23 heavy (non-hydrogen) atoms. The Bertz CT molecular complexity index is 605. The maximum atomic E-state index is 12.6. The number of anilines is 1. The smallest absolute Gasteiger partial charge is 0.250 e. The summed E-state index contributed by atoms with van der Waals surface area (Å²) in [5.41, 5.74) is 0.560. The van der Waals surface area contributed by atoms with Crippen molar-refractivity contribution in [2.75, 3.05) is 31.6 Å². The fourth-order valence-electron chi connectivity index (χ4n) is 2.53. The number of carbonyl (C=O) groups excluding carboxylic acids is 1. The van der Waals surface area contributed by atoms with Gasteiger partial charge in [0, 0.05) is 25.4 Å². The lowest BCUT2D eigenvalue weighted by atomic mass is 10.2. The molecule has 0 saturated carbocycles. The molecule has 0 unspecified atom stereocenters. The molecule has 0 radical (unpaired) electrons. The van der Waals surface area contributed by atoms with E-state index in [0.717, 1.165) is 25.7 Å². The number of carbonyl (C=O) groups is 1. The Hall–Kier alpha value is -1.44. The van der Waals surface area contributed by atoms with Crippen LogP contribution in [-0.2, 0) is 19.6 Å². The second-order valence-corrected chi connectivity index (χ2v) is 7.47. The fourth-order valence-corrected chi connectivity index (χ4v) is 4.05. The monoisotopic (exact) mass is 340 g/mol. The van der Waals surface area contributed by atoms with Gasteiger partial charge in [-0.05, 0) is 44.0 Å².